The van der Waals surface area contributed by atoms with Crippen molar-refractivity contribution in [2.75, 3.05) is 29.3 Å². The van der Waals surface area contributed by atoms with E-state index in [9.17, 15) is 9.59 Å². The predicted molar refractivity (Wildman–Crippen MR) is 106 cm³/mol. The van der Waals surface area contributed by atoms with E-state index < -0.39 is 0 Å². The van der Waals surface area contributed by atoms with Gasteiger partial charge in [-0.15, -0.1) is 8.58 Å². The third-order valence-corrected chi connectivity index (χ3v) is 6.71. The first-order valence-corrected chi connectivity index (χ1v) is 10.6. The minimum atomic E-state index is -0.302. The zero-order chi connectivity index (χ0) is 18.0. The molecule has 3 atom stereocenters. The van der Waals surface area contributed by atoms with E-state index in [0.717, 1.165) is 33.4 Å². The van der Waals surface area contributed by atoms with E-state index in [2.05, 4.69) is 11.8 Å². The van der Waals surface area contributed by atoms with Crippen LogP contribution in [0.2, 0.25) is 5.02 Å². The van der Waals surface area contributed by atoms with Crippen LogP contribution in [0.1, 0.15) is 26.2 Å². The quantitative estimate of drug-likeness (QED) is 0.321. The van der Waals surface area contributed by atoms with Crippen molar-refractivity contribution >= 4 is 43.4 Å². The monoisotopic (exact) mass is 378 g/mol. The summed E-state index contributed by atoms with van der Waals surface area (Å²) in [5.74, 6) is -0.706. The molecule has 0 saturated carbocycles. The first kappa shape index (κ1) is 18.4. The molecule has 2 aliphatic rings. The molecule has 25 heavy (non-hydrogen) atoms. The molecular formula is C19H24ClN2O2P. The highest BCUT2D eigenvalue weighted by atomic mass is 35.5. The zero-order valence-corrected chi connectivity index (χ0v) is 16.4. The Hall–Kier alpha value is -1.38. The molecule has 1 fully saturated rings. The summed E-state index contributed by atoms with van der Waals surface area (Å²) < 4.78 is 0. The Kier molecular flexibility index (Phi) is 5.81. The highest BCUT2D eigenvalue weighted by Crippen LogP contribution is 2.39. The number of halogens is 1. The molecule has 134 valence electrons. The molecule has 1 heterocycles. The third-order valence-electron chi connectivity index (χ3n) is 4.84. The van der Waals surface area contributed by atoms with Crippen LogP contribution in [0.25, 0.3) is 0 Å². The fourth-order valence-corrected chi connectivity index (χ4v) is 4.76. The van der Waals surface area contributed by atoms with Crippen molar-refractivity contribution in [2.24, 2.45) is 11.8 Å². The number of rotatable bonds is 6. The summed E-state index contributed by atoms with van der Waals surface area (Å²) in [5.41, 5.74) is 1.50. The largest absolute Gasteiger partial charge is 0.369 e. The minimum absolute atomic E-state index is 0.0804. The summed E-state index contributed by atoms with van der Waals surface area (Å²) in [5, 5.41) is 0.643. The number of carbonyl (C=O) groups is 2. The Bertz CT molecular complexity index is 707. The molecule has 0 radical (unpaired) electrons. The molecule has 1 aliphatic carbocycles. The van der Waals surface area contributed by atoms with Gasteiger partial charge in [0.25, 0.3) is 0 Å². The molecule has 0 spiro atoms. The topological polar surface area (TPSA) is 40.6 Å². The average molecular weight is 379 g/mol. The minimum Gasteiger partial charge on any atom is -0.369 e. The Morgan fingerprint density at radius 1 is 1.32 bits per heavy atom. The van der Waals surface area contributed by atoms with Crippen molar-refractivity contribution in [2.45, 2.75) is 26.2 Å². The number of fused-ring (bicyclic) bond motifs is 1. The van der Waals surface area contributed by atoms with Crippen LogP contribution in [0.3, 0.4) is 0 Å². The molecule has 1 saturated heterocycles. The third kappa shape index (κ3) is 3.61. The van der Waals surface area contributed by atoms with Gasteiger partial charge in [-0.3, -0.25) is 9.59 Å². The Labute approximate surface area is 156 Å². The maximum absolute atomic E-state index is 12.8. The second kappa shape index (κ2) is 7.88. The molecule has 0 bridgehead atoms. The lowest BCUT2D eigenvalue weighted by Crippen LogP contribution is -2.31. The number of hydrogen-bond donors (Lipinski definition) is 0. The summed E-state index contributed by atoms with van der Waals surface area (Å²) in [6, 6.07) is 5.42. The van der Waals surface area contributed by atoms with Gasteiger partial charge in [0.15, 0.2) is 0 Å². The lowest BCUT2D eigenvalue weighted by Gasteiger charge is -2.23. The predicted octanol–water partition coefficient (Wildman–Crippen LogP) is 4.28. The molecule has 3 unspecified atom stereocenters. The van der Waals surface area contributed by atoms with Gasteiger partial charge in [-0.25, -0.2) is 4.90 Å². The molecule has 0 aromatic heterocycles. The first-order chi connectivity index (χ1) is 12.0. The number of carbonyl (C=O) groups excluding carboxylic acids is 2. The highest BCUT2D eigenvalue weighted by molar-refractivity contribution is 7.38. The van der Waals surface area contributed by atoms with Gasteiger partial charge in [0, 0.05) is 13.3 Å². The Balaban J connectivity index is 1.85. The van der Waals surface area contributed by atoms with Crippen molar-refractivity contribution < 1.29 is 9.59 Å². The van der Waals surface area contributed by atoms with Crippen LogP contribution in [0.4, 0.5) is 11.4 Å². The van der Waals surface area contributed by atoms with Gasteiger partial charge in [-0.2, -0.15) is 0 Å². The van der Waals surface area contributed by atoms with E-state index in [1.54, 1.807) is 12.1 Å². The average Bonchev–Trinajstić information content (AvgIpc) is 2.87. The van der Waals surface area contributed by atoms with Gasteiger partial charge in [0.2, 0.25) is 11.8 Å². The van der Waals surface area contributed by atoms with Crippen molar-refractivity contribution in [3.8, 4) is 0 Å². The lowest BCUT2D eigenvalue weighted by molar-refractivity contribution is -0.122. The van der Waals surface area contributed by atoms with Crippen LogP contribution in [0.5, 0.6) is 0 Å². The van der Waals surface area contributed by atoms with Crippen LogP contribution in [-0.2, 0) is 9.59 Å². The van der Waals surface area contributed by atoms with E-state index in [0.29, 0.717) is 10.7 Å². The Morgan fingerprint density at radius 3 is 2.84 bits per heavy atom. The number of allylic oxidation sites excluding steroid dienone is 1. The van der Waals surface area contributed by atoms with Crippen LogP contribution >= 0.6 is 20.2 Å². The van der Waals surface area contributed by atoms with Crippen LogP contribution in [0, 0.1) is 11.8 Å². The summed E-state index contributed by atoms with van der Waals surface area (Å²) in [4.78, 5) is 29.0. The van der Waals surface area contributed by atoms with Crippen molar-refractivity contribution in [3.05, 3.63) is 35.4 Å². The summed E-state index contributed by atoms with van der Waals surface area (Å²) in [6.45, 7) is 2.18. The van der Waals surface area contributed by atoms with Gasteiger partial charge < -0.3 is 4.90 Å². The fraction of sp³-hybridized carbons (Fsp3) is 0.474. The first-order valence-electron chi connectivity index (χ1n) is 8.80. The maximum Gasteiger partial charge on any atom is 0.241 e. The standard InChI is InChI=1S/C19H24ClN2O2P/c1-3-10-25-12-21(2)17-11-13(8-9-16(17)20)22-18(23)14-6-4-5-7-15(14)19(22)24/h4,6,8-9,11,14-15,25H,3,5,7,10,12H2,1-2H3. The molecule has 1 aromatic rings. The fourth-order valence-electron chi connectivity index (χ4n) is 3.48. The van der Waals surface area contributed by atoms with E-state index in [1.165, 1.54) is 17.5 Å². The number of amides is 2. The molecule has 1 aromatic carbocycles. The summed E-state index contributed by atoms with van der Waals surface area (Å²) >= 11 is 6.37. The van der Waals surface area contributed by atoms with E-state index in [1.807, 2.05) is 25.3 Å². The summed E-state index contributed by atoms with van der Waals surface area (Å²) in [7, 11) is 2.84. The molecular weight excluding hydrogens is 355 g/mol. The van der Waals surface area contributed by atoms with Gasteiger partial charge in [0.05, 0.1) is 28.2 Å². The lowest BCUT2D eigenvalue weighted by atomic mass is 9.86. The normalized spacial score (nSPS) is 22.9. The van der Waals surface area contributed by atoms with Crippen LogP contribution in [0.15, 0.2) is 30.4 Å². The van der Waals surface area contributed by atoms with Crippen molar-refractivity contribution in [1.29, 1.82) is 0 Å². The van der Waals surface area contributed by atoms with E-state index in [4.69, 9.17) is 11.6 Å². The molecule has 6 heteroatoms. The van der Waals surface area contributed by atoms with Gasteiger partial charge >= 0.3 is 0 Å². The van der Waals surface area contributed by atoms with E-state index in [-0.39, 0.29) is 23.7 Å². The molecule has 2 amide bonds. The van der Waals surface area contributed by atoms with Gasteiger partial charge in [0.1, 0.15) is 0 Å². The number of anilines is 2. The second-order valence-electron chi connectivity index (χ2n) is 6.64. The van der Waals surface area contributed by atoms with Gasteiger partial charge in [-0.1, -0.05) is 37.1 Å². The summed E-state index contributed by atoms with van der Waals surface area (Å²) in [6.07, 6.45) is 8.80. The van der Waals surface area contributed by atoms with E-state index >= 15 is 0 Å². The highest BCUT2D eigenvalue weighted by Gasteiger charge is 2.47. The number of benzene rings is 1. The second-order valence-corrected chi connectivity index (χ2v) is 8.36. The molecule has 4 nitrogen and oxygen atoms in total. The van der Waals surface area contributed by atoms with Crippen molar-refractivity contribution in [3.63, 3.8) is 0 Å². The zero-order valence-electron chi connectivity index (χ0n) is 14.7. The Morgan fingerprint density at radius 2 is 2.12 bits per heavy atom. The maximum atomic E-state index is 12.8. The molecule has 0 N–H and O–H groups in total. The SMILES string of the molecule is CCCPCN(C)c1cc(N2C(=O)C3C=CCCC3C2=O)ccc1Cl. The number of hydrogen-bond acceptors (Lipinski definition) is 3. The van der Waals surface area contributed by atoms with Gasteiger partial charge in [-0.05, 0) is 37.2 Å². The van der Waals surface area contributed by atoms with Crippen molar-refractivity contribution in [1.82, 2.24) is 0 Å². The molecule has 3 rings (SSSR count). The smallest absolute Gasteiger partial charge is 0.241 e. The number of nitrogens with zero attached hydrogens (tertiary/aromatic N) is 2. The molecule has 1 aliphatic heterocycles. The number of imide groups is 1. The van der Waals surface area contributed by atoms with Crippen LogP contribution in [-0.4, -0.2) is 31.3 Å². The van der Waals surface area contributed by atoms with Crippen LogP contribution < -0.4 is 9.80 Å².